The van der Waals surface area contributed by atoms with Crippen LogP contribution in [-0.4, -0.2) is 22.0 Å². The van der Waals surface area contributed by atoms with Gasteiger partial charge in [-0.1, -0.05) is 13.8 Å². The summed E-state index contributed by atoms with van der Waals surface area (Å²) < 4.78 is 0. The van der Waals surface area contributed by atoms with Gasteiger partial charge in [-0.05, 0) is 6.42 Å². The van der Waals surface area contributed by atoms with Crippen molar-refractivity contribution in [2.75, 3.05) is 5.75 Å². The highest BCUT2D eigenvalue weighted by molar-refractivity contribution is 7.99. The van der Waals surface area contributed by atoms with Crippen LogP contribution in [0.3, 0.4) is 0 Å². The molecule has 0 aromatic carbocycles. The van der Waals surface area contributed by atoms with Gasteiger partial charge >= 0.3 is 0 Å². The summed E-state index contributed by atoms with van der Waals surface area (Å²) in [6.45, 7) is 4.46. The van der Waals surface area contributed by atoms with Crippen molar-refractivity contribution in [1.82, 2.24) is 10.4 Å². The molecule has 0 bridgehead atoms. The first-order valence-corrected chi connectivity index (χ1v) is 7.15. The number of hydrazine groups is 1. The quantitative estimate of drug-likeness (QED) is 0.570. The fourth-order valence-corrected chi connectivity index (χ4v) is 2.84. The fourth-order valence-electron chi connectivity index (χ4n) is 1.13. The van der Waals surface area contributed by atoms with Gasteiger partial charge in [0.2, 0.25) is 0 Å². The smallest absolute Gasteiger partial charge is 0.0941 e. The Hall–Kier alpha value is -0.100. The highest BCUT2D eigenvalue weighted by Gasteiger charge is 2.11. The molecule has 0 saturated heterocycles. The van der Waals surface area contributed by atoms with Gasteiger partial charge < -0.3 is 0 Å². The first kappa shape index (κ1) is 13.0. The normalized spacial score (nSPS) is 15.1. The summed E-state index contributed by atoms with van der Waals surface area (Å²) >= 11 is 3.66. The van der Waals surface area contributed by atoms with Crippen molar-refractivity contribution >= 4 is 23.1 Å². The van der Waals surface area contributed by atoms with E-state index in [1.165, 1.54) is 6.42 Å². The second-order valence-corrected chi connectivity index (χ2v) is 6.00. The van der Waals surface area contributed by atoms with Crippen molar-refractivity contribution in [2.45, 2.75) is 38.0 Å². The average molecular weight is 245 g/mol. The van der Waals surface area contributed by atoms with E-state index in [4.69, 9.17) is 5.84 Å². The van der Waals surface area contributed by atoms with Gasteiger partial charge in [-0.15, -0.1) is 11.3 Å². The highest BCUT2D eigenvalue weighted by atomic mass is 32.2. The Morgan fingerprint density at radius 3 is 3.00 bits per heavy atom. The Morgan fingerprint density at radius 2 is 2.47 bits per heavy atom. The number of hydrogen-bond acceptors (Lipinski definition) is 5. The molecule has 1 aromatic heterocycles. The van der Waals surface area contributed by atoms with Crippen LogP contribution in [0.15, 0.2) is 11.6 Å². The van der Waals surface area contributed by atoms with E-state index in [1.54, 1.807) is 11.3 Å². The van der Waals surface area contributed by atoms with Gasteiger partial charge in [-0.3, -0.25) is 11.3 Å². The van der Waals surface area contributed by atoms with Gasteiger partial charge in [-0.25, -0.2) is 4.98 Å². The molecule has 0 aliphatic rings. The number of hydrogen-bond donors (Lipinski definition) is 2. The molecule has 15 heavy (non-hydrogen) atoms. The largest absolute Gasteiger partial charge is 0.271 e. The van der Waals surface area contributed by atoms with Crippen LogP contribution >= 0.6 is 23.1 Å². The minimum atomic E-state index is 0.329. The van der Waals surface area contributed by atoms with Gasteiger partial charge in [0.15, 0.2) is 0 Å². The maximum Gasteiger partial charge on any atom is 0.0941 e. The van der Waals surface area contributed by atoms with E-state index < -0.39 is 0 Å². The van der Waals surface area contributed by atoms with Gasteiger partial charge in [0, 0.05) is 35.0 Å². The summed E-state index contributed by atoms with van der Waals surface area (Å²) in [5.74, 6) is 6.58. The average Bonchev–Trinajstić information content (AvgIpc) is 2.76. The van der Waals surface area contributed by atoms with E-state index in [2.05, 4.69) is 24.3 Å². The summed E-state index contributed by atoms with van der Waals surface area (Å²) in [5, 5.41) is 3.87. The van der Waals surface area contributed by atoms with Gasteiger partial charge in [0.1, 0.15) is 0 Å². The van der Waals surface area contributed by atoms with Crippen molar-refractivity contribution in [1.29, 1.82) is 0 Å². The topological polar surface area (TPSA) is 50.9 Å². The van der Waals surface area contributed by atoms with Crippen LogP contribution in [0, 0.1) is 0 Å². The summed E-state index contributed by atoms with van der Waals surface area (Å²) in [4.78, 5) is 4.26. The Bertz CT molecular complexity index is 251. The van der Waals surface area contributed by atoms with Crippen LogP contribution in [0.5, 0.6) is 0 Å². The van der Waals surface area contributed by atoms with Gasteiger partial charge in [0.25, 0.3) is 0 Å². The molecule has 0 saturated carbocycles. The van der Waals surface area contributed by atoms with E-state index in [1.807, 2.05) is 23.3 Å². The third kappa shape index (κ3) is 4.97. The Balaban J connectivity index is 2.30. The minimum absolute atomic E-state index is 0.329. The molecule has 86 valence electrons. The molecule has 5 heteroatoms. The predicted octanol–water partition coefficient (Wildman–Crippen LogP) is 2.05. The Kier molecular flexibility index (Phi) is 6.24. The lowest BCUT2D eigenvalue weighted by atomic mass is 10.2. The number of rotatable bonds is 7. The van der Waals surface area contributed by atoms with Gasteiger partial charge in [0.05, 0.1) is 5.01 Å². The van der Waals surface area contributed by atoms with E-state index in [0.717, 1.165) is 17.2 Å². The first-order valence-electron chi connectivity index (χ1n) is 5.22. The first-order chi connectivity index (χ1) is 7.26. The fraction of sp³-hybridized carbons (Fsp3) is 0.700. The lowest BCUT2D eigenvalue weighted by Gasteiger charge is -2.16. The maximum atomic E-state index is 5.53. The number of thioether (sulfide) groups is 1. The zero-order chi connectivity index (χ0) is 11.1. The zero-order valence-corrected chi connectivity index (χ0v) is 10.9. The molecule has 0 fully saturated rings. The van der Waals surface area contributed by atoms with Crippen LogP contribution in [0.25, 0.3) is 0 Å². The summed E-state index contributed by atoms with van der Waals surface area (Å²) in [7, 11) is 0. The number of nitrogens with two attached hydrogens (primary N) is 1. The molecule has 0 aliphatic heterocycles. The SMILES string of the molecule is CCC(C)SCC(Cc1nccs1)NN. The molecule has 1 aromatic rings. The third-order valence-electron chi connectivity index (χ3n) is 2.30. The summed E-state index contributed by atoms with van der Waals surface area (Å²) in [6, 6.07) is 0.329. The van der Waals surface area contributed by atoms with Crippen LogP contribution in [0.1, 0.15) is 25.3 Å². The maximum absolute atomic E-state index is 5.53. The van der Waals surface area contributed by atoms with Crippen molar-refractivity contribution < 1.29 is 0 Å². The van der Waals surface area contributed by atoms with E-state index >= 15 is 0 Å². The van der Waals surface area contributed by atoms with Crippen molar-refractivity contribution in [3.63, 3.8) is 0 Å². The van der Waals surface area contributed by atoms with Crippen molar-refractivity contribution in [3.8, 4) is 0 Å². The van der Waals surface area contributed by atoms with E-state index in [0.29, 0.717) is 11.3 Å². The lowest BCUT2D eigenvalue weighted by Crippen LogP contribution is -2.39. The molecular weight excluding hydrogens is 226 g/mol. The number of thiazole rings is 1. The molecule has 0 amide bonds. The molecule has 0 aliphatic carbocycles. The van der Waals surface area contributed by atoms with Crippen LogP contribution < -0.4 is 11.3 Å². The van der Waals surface area contributed by atoms with Crippen LogP contribution in [0.2, 0.25) is 0 Å². The molecule has 1 rings (SSSR count). The molecule has 0 spiro atoms. The Labute approximate surface area is 99.8 Å². The molecule has 2 atom stereocenters. The van der Waals surface area contributed by atoms with E-state index in [9.17, 15) is 0 Å². The standard InChI is InChI=1S/C10H19N3S2/c1-3-8(2)15-7-9(13-11)6-10-12-4-5-14-10/h4-5,8-9,13H,3,6-7,11H2,1-2H3. The second kappa shape index (κ2) is 7.22. The molecule has 3 nitrogen and oxygen atoms in total. The van der Waals surface area contributed by atoms with Crippen LogP contribution in [-0.2, 0) is 6.42 Å². The number of aromatic nitrogens is 1. The minimum Gasteiger partial charge on any atom is -0.271 e. The molecule has 1 heterocycles. The summed E-state index contributed by atoms with van der Waals surface area (Å²) in [5.41, 5.74) is 2.87. The van der Waals surface area contributed by atoms with Crippen molar-refractivity contribution in [3.05, 3.63) is 16.6 Å². The second-order valence-electron chi connectivity index (χ2n) is 3.55. The third-order valence-corrected chi connectivity index (χ3v) is 4.60. The lowest BCUT2D eigenvalue weighted by molar-refractivity contribution is 0.573. The molecular formula is C10H19N3S2. The summed E-state index contributed by atoms with van der Waals surface area (Å²) in [6.07, 6.45) is 3.98. The molecule has 3 N–H and O–H groups in total. The van der Waals surface area contributed by atoms with Crippen molar-refractivity contribution in [2.24, 2.45) is 5.84 Å². The molecule has 0 radical (unpaired) electrons. The van der Waals surface area contributed by atoms with Gasteiger partial charge in [-0.2, -0.15) is 11.8 Å². The Morgan fingerprint density at radius 1 is 1.67 bits per heavy atom. The highest BCUT2D eigenvalue weighted by Crippen LogP contribution is 2.16. The predicted molar refractivity (Wildman–Crippen MR) is 69.1 cm³/mol. The van der Waals surface area contributed by atoms with E-state index in [-0.39, 0.29) is 0 Å². The number of nitrogens with one attached hydrogen (secondary N) is 1. The van der Waals surface area contributed by atoms with Crippen LogP contribution in [0.4, 0.5) is 0 Å². The number of nitrogens with zero attached hydrogens (tertiary/aromatic N) is 1. The monoisotopic (exact) mass is 245 g/mol. The zero-order valence-electron chi connectivity index (χ0n) is 9.27. The molecule has 2 unspecified atom stereocenters.